The number of aromatic nitrogens is 1. The summed E-state index contributed by atoms with van der Waals surface area (Å²) in [5.74, 6) is 0.860. The largest absolute Gasteiger partial charge is 0.457 e. The van der Waals surface area contributed by atoms with E-state index in [2.05, 4.69) is 10.3 Å². The number of pyridine rings is 1. The van der Waals surface area contributed by atoms with Crippen LogP contribution in [0.1, 0.15) is 18.4 Å². The van der Waals surface area contributed by atoms with Crippen LogP contribution in [0, 0.1) is 17.2 Å². The number of nitrogens with zero attached hydrogens (tertiary/aromatic N) is 3. The summed E-state index contributed by atoms with van der Waals surface area (Å²) in [6, 6.07) is 18.6. The first kappa shape index (κ1) is 22.5. The summed E-state index contributed by atoms with van der Waals surface area (Å²) in [5.41, 5.74) is 0.758. The van der Waals surface area contributed by atoms with Gasteiger partial charge in [0.05, 0.1) is 10.5 Å². The molecule has 1 aliphatic rings. The van der Waals surface area contributed by atoms with Crippen LogP contribution in [0.25, 0.3) is 0 Å². The summed E-state index contributed by atoms with van der Waals surface area (Å²) in [6.07, 6.45) is 4.09. The second-order valence-corrected chi connectivity index (χ2v) is 9.49. The fourth-order valence-electron chi connectivity index (χ4n) is 3.67. The fourth-order valence-corrected chi connectivity index (χ4v) is 5.29. The van der Waals surface area contributed by atoms with E-state index in [-0.39, 0.29) is 35.4 Å². The van der Waals surface area contributed by atoms with Crippen molar-refractivity contribution in [2.45, 2.75) is 17.7 Å². The molecule has 0 spiro atoms. The lowest BCUT2D eigenvalue weighted by molar-refractivity contribution is -0.120. The van der Waals surface area contributed by atoms with Gasteiger partial charge in [-0.3, -0.25) is 9.78 Å². The van der Waals surface area contributed by atoms with Gasteiger partial charge < -0.3 is 10.1 Å². The van der Waals surface area contributed by atoms with Crippen molar-refractivity contribution in [3.63, 3.8) is 0 Å². The van der Waals surface area contributed by atoms with E-state index in [1.54, 1.807) is 60.9 Å². The molecule has 2 heterocycles. The molecule has 0 bridgehead atoms. The molecule has 4 rings (SSSR count). The number of amides is 1. The van der Waals surface area contributed by atoms with Crippen LogP contribution >= 0.6 is 0 Å². The molecule has 33 heavy (non-hydrogen) atoms. The number of rotatable bonds is 6. The number of nitriles is 1. The first-order valence-corrected chi connectivity index (χ1v) is 11.9. The Labute approximate surface area is 192 Å². The number of piperidine rings is 1. The van der Waals surface area contributed by atoms with Crippen molar-refractivity contribution in [3.8, 4) is 17.6 Å². The average molecular weight is 463 g/mol. The molecule has 1 aromatic heterocycles. The number of ether oxygens (including phenoxy) is 1. The third kappa shape index (κ3) is 5.19. The molecule has 1 N–H and O–H groups in total. The van der Waals surface area contributed by atoms with Gasteiger partial charge in [0.1, 0.15) is 17.6 Å². The van der Waals surface area contributed by atoms with Gasteiger partial charge in [0, 0.05) is 37.1 Å². The van der Waals surface area contributed by atoms with Crippen LogP contribution in [0.5, 0.6) is 11.5 Å². The zero-order valence-corrected chi connectivity index (χ0v) is 18.5. The smallest absolute Gasteiger partial charge is 0.244 e. The van der Waals surface area contributed by atoms with Gasteiger partial charge in [-0.25, -0.2) is 8.42 Å². The molecule has 8 nitrogen and oxygen atoms in total. The molecule has 1 saturated heterocycles. The number of benzene rings is 2. The second kappa shape index (κ2) is 9.81. The Hall–Kier alpha value is -3.74. The Balaban J connectivity index is 1.33. The molecule has 1 amide bonds. The molecule has 0 aliphatic carbocycles. The molecule has 2 aromatic carbocycles. The molecule has 0 atom stereocenters. The Morgan fingerprint density at radius 1 is 1.00 bits per heavy atom. The average Bonchev–Trinajstić information content (AvgIpc) is 2.86. The maximum absolute atomic E-state index is 13.0. The molecule has 0 saturated carbocycles. The molecule has 168 valence electrons. The maximum Gasteiger partial charge on any atom is 0.244 e. The Morgan fingerprint density at radius 3 is 2.30 bits per heavy atom. The van der Waals surface area contributed by atoms with Crippen LogP contribution in [-0.2, 0) is 14.8 Å². The van der Waals surface area contributed by atoms with Crippen LogP contribution in [0.15, 0.2) is 78.0 Å². The fraction of sp³-hybridized carbons (Fsp3) is 0.208. The van der Waals surface area contributed by atoms with E-state index in [1.807, 2.05) is 6.07 Å². The standard InChI is InChI=1S/C24H22N4O4S/c25-17-19-3-1-2-4-23(19)33(30,31)28-15-11-18(12-16-28)24(29)27-20-5-7-21(8-6-20)32-22-9-13-26-14-10-22/h1-10,13-14,18H,11-12,15-16H2,(H,27,29). The highest BCUT2D eigenvalue weighted by molar-refractivity contribution is 7.89. The highest BCUT2D eigenvalue weighted by atomic mass is 32.2. The van der Waals surface area contributed by atoms with Gasteiger partial charge in [-0.05, 0) is 61.4 Å². The molecular formula is C24H22N4O4S. The number of carbonyl (C=O) groups excluding carboxylic acids is 1. The van der Waals surface area contributed by atoms with Gasteiger partial charge in [-0.15, -0.1) is 0 Å². The van der Waals surface area contributed by atoms with Crippen molar-refractivity contribution in [1.82, 2.24) is 9.29 Å². The predicted octanol–water partition coefficient (Wildman–Crippen LogP) is 3.78. The minimum absolute atomic E-state index is 0.00414. The van der Waals surface area contributed by atoms with Gasteiger partial charge in [0.2, 0.25) is 15.9 Å². The Morgan fingerprint density at radius 2 is 1.64 bits per heavy atom. The number of anilines is 1. The quantitative estimate of drug-likeness (QED) is 0.597. The van der Waals surface area contributed by atoms with E-state index in [1.165, 1.54) is 16.4 Å². The highest BCUT2D eigenvalue weighted by Gasteiger charge is 2.33. The van der Waals surface area contributed by atoms with Crippen molar-refractivity contribution in [2.24, 2.45) is 5.92 Å². The maximum atomic E-state index is 13.0. The zero-order chi connectivity index (χ0) is 23.3. The van der Waals surface area contributed by atoms with Crippen LogP contribution in [0.3, 0.4) is 0 Å². The van der Waals surface area contributed by atoms with Gasteiger partial charge in [0.25, 0.3) is 0 Å². The Bertz CT molecular complexity index is 1260. The molecule has 1 fully saturated rings. The lowest BCUT2D eigenvalue weighted by Crippen LogP contribution is -2.41. The number of hydrogen-bond acceptors (Lipinski definition) is 6. The van der Waals surface area contributed by atoms with Crippen LogP contribution in [0.4, 0.5) is 5.69 Å². The third-order valence-corrected chi connectivity index (χ3v) is 7.41. The first-order valence-electron chi connectivity index (χ1n) is 10.5. The normalized spacial score (nSPS) is 14.9. The lowest BCUT2D eigenvalue weighted by Gasteiger charge is -2.30. The number of nitrogens with one attached hydrogen (secondary N) is 1. The van der Waals surface area contributed by atoms with Crippen molar-refractivity contribution >= 4 is 21.6 Å². The van der Waals surface area contributed by atoms with Crippen LogP contribution in [-0.4, -0.2) is 36.7 Å². The van der Waals surface area contributed by atoms with Gasteiger partial charge in [-0.2, -0.15) is 9.57 Å². The van der Waals surface area contributed by atoms with E-state index < -0.39 is 10.0 Å². The predicted molar refractivity (Wildman–Crippen MR) is 122 cm³/mol. The summed E-state index contributed by atoms with van der Waals surface area (Å²) < 4.78 is 33.0. The molecule has 3 aromatic rings. The monoisotopic (exact) mass is 462 g/mol. The van der Waals surface area contributed by atoms with E-state index in [0.717, 1.165) is 0 Å². The topological polar surface area (TPSA) is 112 Å². The van der Waals surface area contributed by atoms with E-state index in [9.17, 15) is 18.5 Å². The molecule has 0 radical (unpaired) electrons. The summed E-state index contributed by atoms with van der Waals surface area (Å²) in [6.45, 7) is 0.442. The second-order valence-electron chi connectivity index (χ2n) is 7.58. The third-order valence-electron chi connectivity index (χ3n) is 5.46. The summed E-state index contributed by atoms with van der Waals surface area (Å²) in [4.78, 5) is 16.7. The van der Waals surface area contributed by atoms with Gasteiger partial charge >= 0.3 is 0 Å². The molecule has 1 aliphatic heterocycles. The van der Waals surface area contributed by atoms with E-state index in [0.29, 0.717) is 30.0 Å². The Kier molecular flexibility index (Phi) is 6.68. The minimum atomic E-state index is -3.78. The molecular weight excluding hydrogens is 440 g/mol. The van der Waals surface area contributed by atoms with E-state index in [4.69, 9.17) is 4.74 Å². The van der Waals surface area contributed by atoms with Crippen molar-refractivity contribution < 1.29 is 17.9 Å². The molecule has 9 heteroatoms. The zero-order valence-electron chi connectivity index (χ0n) is 17.7. The van der Waals surface area contributed by atoms with E-state index >= 15 is 0 Å². The summed E-state index contributed by atoms with van der Waals surface area (Å²) in [5, 5.41) is 12.1. The van der Waals surface area contributed by atoms with Crippen LogP contribution < -0.4 is 10.1 Å². The van der Waals surface area contributed by atoms with Crippen molar-refractivity contribution in [1.29, 1.82) is 5.26 Å². The number of carbonyl (C=O) groups is 1. The molecule has 0 unspecified atom stereocenters. The first-order chi connectivity index (χ1) is 16.0. The number of hydrogen-bond donors (Lipinski definition) is 1. The van der Waals surface area contributed by atoms with Gasteiger partial charge in [0.15, 0.2) is 0 Å². The number of sulfonamides is 1. The van der Waals surface area contributed by atoms with Gasteiger partial charge in [-0.1, -0.05) is 12.1 Å². The summed E-state index contributed by atoms with van der Waals surface area (Å²) >= 11 is 0. The minimum Gasteiger partial charge on any atom is -0.457 e. The SMILES string of the molecule is N#Cc1ccccc1S(=O)(=O)N1CCC(C(=O)Nc2ccc(Oc3ccncc3)cc2)CC1. The lowest BCUT2D eigenvalue weighted by atomic mass is 9.97. The summed E-state index contributed by atoms with van der Waals surface area (Å²) in [7, 11) is -3.78. The highest BCUT2D eigenvalue weighted by Crippen LogP contribution is 2.27. The van der Waals surface area contributed by atoms with Crippen LogP contribution in [0.2, 0.25) is 0 Å². The van der Waals surface area contributed by atoms with Crippen molar-refractivity contribution in [2.75, 3.05) is 18.4 Å². The van der Waals surface area contributed by atoms with Crippen molar-refractivity contribution in [3.05, 3.63) is 78.6 Å².